The van der Waals surface area contributed by atoms with Gasteiger partial charge in [0, 0.05) is 23.7 Å². The lowest BCUT2D eigenvalue weighted by atomic mass is 10.1. The molecule has 2 N–H and O–H groups in total. The normalized spacial score (nSPS) is 10.4. The van der Waals surface area contributed by atoms with Gasteiger partial charge in [0.1, 0.15) is 6.61 Å². The Morgan fingerprint density at radius 2 is 2.19 bits per heavy atom. The average Bonchev–Trinajstić information content (AvgIpc) is 2.49. The molecule has 0 spiro atoms. The van der Waals surface area contributed by atoms with Crippen molar-refractivity contribution >= 4 is 5.91 Å². The summed E-state index contributed by atoms with van der Waals surface area (Å²) in [6, 6.07) is 7.63. The van der Waals surface area contributed by atoms with Crippen molar-refractivity contribution < 1.29 is 9.90 Å². The molecule has 114 valence electrons. The van der Waals surface area contributed by atoms with Crippen LogP contribution in [-0.4, -0.2) is 48.7 Å². The largest absolute Gasteiger partial charge is 0.384 e. The van der Waals surface area contributed by atoms with Crippen molar-refractivity contribution in [3.05, 3.63) is 35.4 Å². The summed E-state index contributed by atoms with van der Waals surface area (Å²) < 4.78 is 0. The second-order valence-corrected chi connectivity index (χ2v) is 5.22. The Morgan fingerprint density at radius 1 is 1.43 bits per heavy atom. The topological polar surface area (TPSA) is 52.6 Å². The van der Waals surface area contributed by atoms with Crippen LogP contribution in [0.15, 0.2) is 24.3 Å². The van der Waals surface area contributed by atoms with Crippen LogP contribution in [0.1, 0.15) is 36.2 Å². The summed E-state index contributed by atoms with van der Waals surface area (Å²) in [7, 11) is 2.08. The Hall–Kier alpha value is -1.83. The molecule has 0 fully saturated rings. The number of carbonyl (C=O) groups is 1. The number of aliphatic hydroxyl groups is 1. The second kappa shape index (κ2) is 9.17. The summed E-state index contributed by atoms with van der Waals surface area (Å²) in [6.45, 7) is 5.73. The quantitative estimate of drug-likeness (QED) is 0.616. The van der Waals surface area contributed by atoms with Gasteiger partial charge in [-0.1, -0.05) is 17.9 Å². The van der Waals surface area contributed by atoms with Crippen LogP contribution in [0.4, 0.5) is 0 Å². The minimum absolute atomic E-state index is 0.0881. The van der Waals surface area contributed by atoms with Crippen molar-refractivity contribution in [3.63, 3.8) is 0 Å². The van der Waals surface area contributed by atoms with Gasteiger partial charge in [-0.2, -0.15) is 0 Å². The number of rotatable bonds is 6. The van der Waals surface area contributed by atoms with Crippen LogP contribution in [0.3, 0.4) is 0 Å². The molecule has 0 saturated carbocycles. The monoisotopic (exact) mass is 288 g/mol. The molecular formula is C17H24N2O2. The highest BCUT2D eigenvalue weighted by Crippen LogP contribution is 2.04. The first-order chi connectivity index (χ1) is 10.0. The molecule has 0 aliphatic rings. The molecule has 0 heterocycles. The molecule has 1 amide bonds. The maximum Gasteiger partial charge on any atom is 0.251 e. The van der Waals surface area contributed by atoms with Crippen molar-refractivity contribution in [1.82, 2.24) is 10.2 Å². The van der Waals surface area contributed by atoms with E-state index in [4.69, 9.17) is 5.11 Å². The van der Waals surface area contributed by atoms with Crippen LogP contribution >= 0.6 is 0 Å². The third kappa shape index (κ3) is 6.44. The third-order valence-corrected chi connectivity index (χ3v) is 3.29. The highest BCUT2D eigenvalue weighted by molar-refractivity contribution is 5.94. The number of carbonyl (C=O) groups excluding carboxylic acids is 1. The van der Waals surface area contributed by atoms with E-state index in [-0.39, 0.29) is 12.5 Å². The number of nitrogens with one attached hydrogen (secondary N) is 1. The van der Waals surface area contributed by atoms with E-state index >= 15 is 0 Å². The first kappa shape index (κ1) is 17.2. The standard InChI is InChI=1S/C17H24N2O2/c1-14(2)19(3)11-6-10-18-17(21)16-9-4-7-15(13-16)8-5-12-20/h4,7,9,13-14,20H,6,10-12H2,1-3H3,(H,18,21). The van der Waals surface area contributed by atoms with E-state index in [1.54, 1.807) is 18.2 Å². The lowest BCUT2D eigenvalue weighted by molar-refractivity contribution is 0.0951. The lowest BCUT2D eigenvalue weighted by Gasteiger charge is -2.20. The van der Waals surface area contributed by atoms with Gasteiger partial charge in [0.25, 0.3) is 5.91 Å². The molecule has 4 heteroatoms. The zero-order valence-corrected chi connectivity index (χ0v) is 13.0. The lowest BCUT2D eigenvalue weighted by Crippen LogP contribution is -2.31. The van der Waals surface area contributed by atoms with Gasteiger partial charge in [0.15, 0.2) is 0 Å². The summed E-state index contributed by atoms with van der Waals surface area (Å²) in [5.74, 6) is 5.28. The maximum absolute atomic E-state index is 12.0. The summed E-state index contributed by atoms with van der Waals surface area (Å²) in [5.41, 5.74) is 1.33. The molecule has 0 radical (unpaired) electrons. The van der Waals surface area contributed by atoms with Crippen molar-refractivity contribution in [1.29, 1.82) is 0 Å². The van der Waals surface area contributed by atoms with E-state index in [0.29, 0.717) is 18.2 Å². The zero-order chi connectivity index (χ0) is 15.7. The minimum Gasteiger partial charge on any atom is -0.384 e. The molecule has 0 aromatic heterocycles. The molecule has 0 bridgehead atoms. The Morgan fingerprint density at radius 3 is 2.86 bits per heavy atom. The average molecular weight is 288 g/mol. The van der Waals surface area contributed by atoms with Gasteiger partial charge < -0.3 is 15.3 Å². The van der Waals surface area contributed by atoms with Crippen molar-refractivity contribution in [2.75, 3.05) is 26.7 Å². The molecule has 0 aliphatic heterocycles. The molecule has 1 aromatic carbocycles. The molecule has 0 aliphatic carbocycles. The van der Waals surface area contributed by atoms with E-state index < -0.39 is 0 Å². The van der Waals surface area contributed by atoms with E-state index in [9.17, 15) is 4.79 Å². The number of amides is 1. The summed E-state index contributed by atoms with van der Waals surface area (Å²) >= 11 is 0. The third-order valence-electron chi connectivity index (χ3n) is 3.29. The Kier molecular flexibility index (Phi) is 7.52. The molecule has 0 atom stereocenters. The first-order valence-corrected chi connectivity index (χ1v) is 7.23. The fraction of sp³-hybridized carbons (Fsp3) is 0.471. The van der Waals surface area contributed by atoms with Crippen LogP contribution in [0, 0.1) is 11.8 Å². The van der Waals surface area contributed by atoms with Gasteiger partial charge in [0.2, 0.25) is 0 Å². The summed E-state index contributed by atoms with van der Waals surface area (Å²) in [6.07, 6.45) is 0.921. The van der Waals surface area contributed by atoms with E-state index in [2.05, 4.69) is 43.0 Å². The highest BCUT2D eigenvalue weighted by atomic mass is 16.2. The number of nitrogens with zero attached hydrogens (tertiary/aromatic N) is 1. The van der Waals surface area contributed by atoms with Crippen molar-refractivity contribution in [3.8, 4) is 11.8 Å². The van der Waals surface area contributed by atoms with Gasteiger partial charge in [-0.05, 0) is 52.1 Å². The first-order valence-electron chi connectivity index (χ1n) is 7.23. The van der Waals surface area contributed by atoms with Gasteiger partial charge in [-0.3, -0.25) is 4.79 Å². The summed E-state index contributed by atoms with van der Waals surface area (Å²) in [5, 5.41) is 11.6. The van der Waals surface area contributed by atoms with Gasteiger partial charge in [-0.15, -0.1) is 0 Å². The van der Waals surface area contributed by atoms with Crippen LogP contribution < -0.4 is 5.32 Å². The highest BCUT2D eigenvalue weighted by Gasteiger charge is 2.06. The SMILES string of the molecule is CC(C)N(C)CCCNC(=O)c1cccc(C#CCO)c1. The van der Waals surface area contributed by atoms with Crippen LogP contribution in [0.25, 0.3) is 0 Å². The Bertz CT molecular complexity index is 515. The number of benzene rings is 1. The van der Waals surface area contributed by atoms with Crippen LogP contribution in [0.2, 0.25) is 0 Å². The smallest absolute Gasteiger partial charge is 0.251 e. The second-order valence-electron chi connectivity index (χ2n) is 5.22. The molecule has 4 nitrogen and oxygen atoms in total. The molecule has 0 unspecified atom stereocenters. The molecule has 21 heavy (non-hydrogen) atoms. The number of hydrogen-bond donors (Lipinski definition) is 2. The molecule has 0 saturated heterocycles. The van der Waals surface area contributed by atoms with Crippen LogP contribution in [0.5, 0.6) is 0 Å². The molecular weight excluding hydrogens is 264 g/mol. The number of aliphatic hydroxyl groups excluding tert-OH is 1. The summed E-state index contributed by atoms with van der Waals surface area (Å²) in [4.78, 5) is 14.3. The predicted molar refractivity (Wildman–Crippen MR) is 85.1 cm³/mol. The Labute approximate surface area is 127 Å². The van der Waals surface area contributed by atoms with Gasteiger partial charge in [0.05, 0.1) is 0 Å². The predicted octanol–water partition coefficient (Wildman–Crippen LogP) is 1.49. The van der Waals surface area contributed by atoms with Gasteiger partial charge in [-0.25, -0.2) is 0 Å². The molecule has 1 rings (SSSR count). The van der Waals surface area contributed by atoms with E-state index in [1.807, 2.05) is 6.07 Å². The Balaban J connectivity index is 2.45. The zero-order valence-electron chi connectivity index (χ0n) is 13.0. The minimum atomic E-state index is -0.181. The fourth-order valence-electron chi connectivity index (χ4n) is 1.77. The molecule has 1 aromatic rings. The fourth-order valence-corrected chi connectivity index (χ4v) is 1.77. The van der Waals surface area contributed by atoms with Crippen molar-refractivity contribution in [2.45, 2.75) is 26.3 Å². The maximum atomic E-state index is 12.0. The number of hydrogen-bond acceptors (Lipinski definition) is 3. The van der Waals surface area contributed by atoms with E-state index in [0.717, 1.165) is 18.5 Å². The van der Waals surface area contributed by atoms with Crippen molar-refractivity contribution in [2.24, 2.45) is 0 Å². The van der Waals surface area contributed by atoms with Crippen LogP contribution in [-0.2, 0) is 0 Å². The van der Waals surface area contributed by atoms with E-state index in [1.165, 1.54) is 0 Å². The van der Waals surface area contributed by atoms with Gasteiger partial charge >= 0.3 is 0 Å².